The van der Waals surface area contributed by atoms with E-state index in [0.29, 0.717) is 18.9 Å². The van der Waals surface area contributed by atoms with Gasteiger partial charge in [0.25, 0.3) is 0 Å². The fourth-order valence-electron chi connectivity index (χ4n) is 2.17. The monoisotopic (exact) mass is 329 g/mol. The first-order valence-electron chi connectivity index (χ1n) is 7.89. The first-order chi connectivity index (χ1) is 11.5. The van der Waals surface area contributed by atoms with Crippen molar-refractivity contribution in [2.45, 2.75) is 19.6 Å². The molecule has 2 aromatic rings. The van der Waals surface area contributed by atoms with Gasteiger partial charge in [0.1, 0.15) is 18.1 Å². The number of carbonyl (C=O) groups excluding carboxylic acids is 1. The Kier molecular flexibility index (Phi) is 6.63. The second kappa shape index (κ2) is 8.93. The van der Waals surface area contributed by atoms with Crippen molar-refractivity contribution in [3.63, 3.8) is 0 Å². The Balaban J connectivity index is 1.69. The van der Waals surface area contributed by atoms with Gasteiger partial charge in [-0.25, -0.2) is 4.79 Å². The van der Waals surface area contributed by atoms with E-state index in [4.69, 9.17) is 9.47 Å². The van der Waals surface area contributed by atoms with Crippen LogP contribution in [-0.2, 0) is 16.1 Å². The van der Waals surface area contributed by atoms with Gasteiger partial charge in [-0.3, -0.25) is 4.90 Å². The van der Waals surface area contributed by atoms with E-state index in [1.807, 2.05) is 25.2 Å². The average molecular weight is 329 g/mol. The highest BCUT2D eigenvalue weighted by atomic mass is 16.6. The lowest BCUT2D eigenvalue weighted by Gasteiger charge is -2.18. The summed E-state index contributed by atoms with van der Waals surface area (Å²) in [4.78, 5) is 14.0. The van der Waals surface area contributed by atoms with Crippen molar-refractivity contribution in [1.29, 1.82) is 0 Å². The van der Waals surface area contributed by atoms with Crippen molar-refractivity contribution in [1.82, 2.24) is 4.90 Å². The van der Waals surface area contributed by atoms with E-state index in [1.165, 1.54) is 17.7 Å². The zero-order valence-corrected chi connectivity index (χ0v) is 14.0. The van der Waals surface area contributed by atoms with Crippen LogP contribution in [0.4, 0.5) is 0 Å². The van der Waals surface area contributed by atoms with Gasteiger partial charge in [0.05, 0.1) is 0 Å². The Morgan fingerprint density at radius 1 is 1.12 bits per heavy atom. The standard InChI is InChI=1S/C19H23NO4/c1-15(24-18-10-8-17(21)9-11-18)19(22)23-13-12-20(2)14-16-6-4-3-5-7-16/h3-11,15,21H,12-14H2,1-2H3. The Morgan fingerprint density at radius 3 is 2.46 bits per heavy atom. The normalized spacial score (nSPS) is 12.0. The van der Waals surface area contributed by atoms with Crippen LogP contribution in [0.2, 0.25) is 0 Å². The summed E-state index contributed by atoms with van der Waals surface area (Å²) in [6, 6.07) is 16.3. The zero-order valence-electron chi connectivity index (χ0n) is 14.0. The summed E-state index contributed by atoms with van der Waals surface area (Å²) >= 11 is 0. The number of phenolic OH excluding ortho intramolecular Hbond substituents is 1. The molecule has 0 aliphatic rings. The third kappa shape index (κ3) is 5.93. The number of carbonyl (C=O) groups is 1. The van der Waals surface area contributed by atoms with Gasteiger partial charge in [0.15, 0.2) is 6.10 Å². The van der Waals surface area contributed by atoms with Crippen molar-refractivity contribution < 1.29 is 19.4 Å². The Bertz CT molecular complexity index is 628. The number of rotatable bonds is 8. The van der Waals surface area contributed by atoms with Gasteiger partial charge in [0.2, 0.25) is 0 Å². The molecule has 0 aromatic heterocycles. The van der Waals surface area contributed by atoms with Crippen LogP contribution in [0.3, 0.4) is 0 Å². The van der Waals surface area contributed by atoms with E-state index < -0.39 is 12.1 Å². The fourth-order valence-corrected chi connectivity index (χ4v) is 2.17. The Hall–Kier alpha value is -2.53. The van der Waals surface area contributed by atoms with E-state index in [1.54, 1.807) is 19.1 Å². The minimum atomic E-state index is -0.700. The number of likely N-dealkylation sites (N-methyl/N-ethyl adjacent to an activating group) is 1. The molecule has 5 nitrogen and oxygen atoms in total. The lowest BCUT2D eigenvalue weighted by atomic mass is 10.2. The third-order valence-electron chi connectivity index (χ3n) is 3.49. The molecule has 1 atom stereocenters. The van der Waals surface area contributed by atoms with Gasteiger partial charge in [-0.1, -0.05) is 30.3 Å². The number of aromatic hydroxyl groups is 1. The maximum absolute atomic E-state index is 11.9. The number of hydrogen-bond acceptors (Lipinski definition) is 5. The molecule has 0 saturated carbocycles. The summed E-state index contributed by atoms with van der Waals surface area (Å²) in [6.07, 6.45) is -0.700. The first-order valence-corrected chi connectivity index (χ1v) is 7.89. The highest BCUT2D eigenvalue weighted by Gasteiger charge is 2.16. The van der Waals surface area contributed by atoms with Crippen LogP contribution in [0, 0.1) is 0 Å². The van der Waals surface area contributed by atoms with Crippen molar-refractivity contribution >= 4 is 5.97 Å². The van der Waals surface area contributed by atoms with Crippen molar-refractivity contribution in [3.05, 3.63) is 60.2 Å². The Labute approximate surface area is 142 Å². The maximum atomic E-state index is 11.9. The van der Waals surface area contributed by atoms with E-state index in [9.17, 15) is 9.90 Å². The largest absolute Gasteiger partial charge is 0.508 e. The molecule has 0 radical (unpaired) electrons. The summed E-state index contributed by atoms with van der Waals surface area (Å²) in [5.41, 5.74) is 1.22. The maximum Gasteiger partial charge on any atom is 0.347 e. The number of phenols is 1. The summed E-state index contributed by atoms with van der Waals surface area (Å²) in [6.45, 7) is 3.40. The molecule has 1 N–H and O–H groups in total. The van der Waals surface area contributed by atoms with Crippen molar-refractivity contribution in [3.8, 4) is 11.5 Å². The first kappa shape index (κ1) is 17.8. The summed E-state index contributed by atoms with van der Waals surface area (Å²) in [7, 11) is 1.98. The van der Waals surface area contributed by atoms with Crippen LogP contribution in [0.25, 0.3) is 0 Å². The number of benzene rings is 2. The van der Waals surface area contributed by atoms with Crippen LogP contribution in [0.15, 0.2) is 54.6 Å². The second-order valence-corrected chi connectivity index (χ2v) is 5.64. The molecule has 5 heteroatoms. The molecule has 1 unspecified atom stereocenters. The van der Waals surface area contributed by atoms with Crippen LogP contribution >= 0.6 is 0 Å². The third-order valence-corrected chi connectivity index (χ3v) is 3.49. The van der Waals surface area contributed by atoms with E-state index in [0.717, 1.165) is 6.54 Å². The molecule has 2 aromatic carbocycles. The molecule has 0 spiro atoms. The van der Waals surface area contributed by atoms with Crippen LogP contribution in [-0.4, -0.2) is 42.3 Å². The summed E-state index contributed by atoms with van der Waals surface area (Å²) in [5, 5.41) is 9.22. The van der Waals surface area contributed by atoms with Gasteiger partial charge in [-0.05, 0) is 43.8 Å². The smallest absolute Gasteiger partial charge is 0.347 e. The quantitative estimate of drug-likeness (QED) is 0.755. The lowest BCUT2D eigenvalue weighted by molar-refractivity contribution is -0.151. The highest BCUT2D eigenvalue weighted by molar-refractivity contribution is 5.74. The molecular weight excluding hydrogens is 306 g/mol. The molecule has 0 saturated heterocycles. The predicted octanol–water partition coefficient (Wildman–Crippen LogP) is 2.83. The summed E-state index contributed by atoms with van der Waals surface area (Å²) in [5.74, 6) is 0.258. The number of ether oxygens (including phenoxy) is 2. The minimum Gasteiger partial charge on any atom is -0.508 e. The van der Waals surface area contributed by atoms with Crippen molar-refractivity contribution in [2.75, 3.05) is 20.2 Å². The minimum absolute atomic E-state index is 0.152. The molecule has 0 fully saturated rings. The van der Waals surface area contributed by atoms with Crippen LogP contribution < -0.4 is 4.74 Å². The summed E-state index contributed by atoms with van der Waals surface area (Å²) < 4.78 is 10.7. The lowest BCUT2D eigenvalue weighted by Crippen LogP contribution is -2.30. The molecule has 0 aliphatic carbocycles. The molecule has 0 heterocycles. The van der Waals surface area contributed by atoms with E-state index in [2.05, 4.69) is 17.0 Å². The van der Waals surface area contributed by atoms with E-state index >= 15 is 0 Å². The highest BCUT2D eigenvalue weighted by Crippen LogP contribution is 2.17. The fraction of sp³-hybridized carbons (Fsp3) is 0.316. The van der Waals surface area contributed by atoms with Crippen LogP contribution in [0.1, 0.15) is 12.5 Å². The SMILES string of the molecule is CC(Oc1ccc(O)cc1)C(=O)OCCN(C)Cc1ccccc1. The average Bonchev–Trinajstić information content (AvgIpc) is 2.57. The second-order valence-electron chi connectivity index (χ2n) is 5.64. The number of nitrogens with zero attached hydrogens (tertiary/aromatic N) is 1. The number of esters is 1. The van der Waals surface area contributed by atoms with Crippen LogP contribution in [0.5, 0.6) is 11.5 Å². The molecule has 0 amide bonds. The molecule has 0 bridgehead atoms. The van der Waals surface area contributed by atoms with Crippen molar-refractivity contribution in [2.24, 2.45) is 0 Å². The van der Waals surface area contributed by atoms with Gasteiger partial charge in [-0.15, -0.1) is 0 Å². The topological polar surface area (TPSA) is 59.0 Å². The van der Waals surface area contributed by atoms with E-state index in [-0.39, 0.29) is 5.75 Å². The number of hydrogen-bond donors (Lipinski definition) is 1. The molecule has 128 valence electrons. The predicted molar refractivity (Wildman–Crippen MR) is 91.9 cm³/mol. The van der Waals surface area contributed by atoms with Gasteiger partial charge >= 0.3 is 5.97 Å². The van der Waals surface area contributed by atoms with Gasteiger partial charge < -0.3 is 14.6 Å². The van der Waals surface area contributed by atoms with Gasteiger partial charge in [0, 0.05) is 13.1 Å². The molecule has 2 rings (SSSR count). The molecule has 0 aliphatic heterocycles. The molecular formula is C19H23NO4. The zero-order chi connectivity index (χ0) is 17.4. The Morgan fingerprint density at radius 2 is 1.79 bits per heavy atom. The van der Waals surface area contributed by atoms with Gasteiger partial charge in [-0.2, -0.15) is 0 Å². The molecule has 24 heavy (non-hydrogen) atoms.